The largest absolute Gasteiger partial charge is 0.478 e. The summed E-state index contributed by atoms with van der Waals surface area (Å²) in [5.74, 6) is -2.52. The average molecular weight is 334 g/mol. The summed E-state index contributed by atoms with van der Waals surface area (Å²) in [5, 5.41) is 17.9. The summed E-state index contributed by atoms with van der Waals surface area (Å²) in [5.41, 5.74) is -0.232. The molecule has 0 radical (unpaired) electrons. The molecule has 0 amide bonds. The van der Waals surface area contributed by atoms with E-state index in [4.69, 9.17) is 10.4 Å². The van der Waals surface area contributed by atoms with Crippen LogP contribution in [0.15, 0.2) is 41.3 Å². The number of carboxylic acids is 1. The van der Waals surface area contributed by atoms with Gasteiger partial charge in [0.05, 0.1) is 16.8 Å². The maximum atomic E-state index is 13.6. The number of benzene rings is 2. The van der Waals surface area contributed by atoms with Crippen LogP contribution in [0.25, 0.3) is 0 Å². The summed E-state index contributed by atoms with van der Waals surface area (Å²) < 4.78 is 40.5. The number of anilines is 1. The molecule has 0 aromatic heterocycles. The summed E-state index contributed by atoms with van der Waals surface area (Å²) in [6.07, 6.45) is 0. The van der Waals surface area contributed by atoms with Crippen LogP contribution in [0.3, 0.4) is 0 Å². The molecule has 0 aliphatic heterocycles. The fraction of sp³-hybridized carbons (Fsp3) is 0.0667. The third-order valence-corrected chi connectivity index (χ3v) is 4.51. The number of nitriles is 1. The van der Waals surface area contributed by atoms with E-state index in [1.807, 2.05) is 6.07 Å². The Morgan fingerprint density at radius 1 is 1.30 bits per heavy atom. The molecule has 0 saturated carbocycles. The fourth-order valence-electron chi connectivity index (χ4n) is 1.97. The second-order valence-electron chi connectivity index (χ2n) is 4.67. The van der Waals surface area contributed by atoms with E-state index in [1.165, 1.54) is 12.1 Å². The van der Waals surface area contributed by atoms with Crippen molar-refractivity contribution in [1.29, 1.82) is 5.26 Å². The Kier molecular flexibility index (Phi) is 4.33. The zero-order valence-electron chi connectivity index (χ0n) is 11.9. The lowest BCUT2D eigenvalue weighted by atomic mass is 10.1. The van der Waals surface area contributed by atoms with Crippen molar-refractivity contribution in [3.63, 3.8) is 0 Å². The molecule has 0 heterocycles. The van der Waals surface area contributed by atoms with Gasteiger partial charge in [-0.2, -0.15) is 5.26 Å². The molecule has 0 atom stereocenters. The Labute approximate surface area is 131 Å². The second-order valence-corrected chi connectivity index (χ2v) is 6.32. The van der Waals surface area contributed by atoms with E-state index < -0.39 is 27.4 Å². The molecular formula is C15H11FN2O4S. The lowest BCUT2D eigenvalue weighted by Crippen LogP contribution is -2.15. The van der Waals surface area contributed by atoms with E-state index in [2.05, 4.69) is 4.72 Å². The maximum Gasteiger partial charge on any atom is 0.338 e. The Morgan fingerprint density at radius 3 is 2.57 bits per heavy atom. The monoisotopic (exact) mass is 334 g/mol. The molecule has 2 rings (SSSR count). The molecule has 0 aliphatic rings. The van der Waals surface area contributed by atoms with Crippen LogP contribution in [-0.2, 0) is 10.0 Å². The van der Waals surface area contributed by atoms with Gasteiger partial charge in [0.15, 0.2) is 0 Å². The third-order valence-electron chi connectivity index (χ3n) is 3.09. The molecule has 0 aliphatic carbocycles. The summed E-state index contributed by atoms with van der Waals surface area (Å²) in [6.45, 7) is 1.60. The van der Waals surface area contributed by atoms with Crippen molar-refractivity contribution in [3.05, 3.63) is 58.9 Å². The van der Waals surface area contributed by atoms with Crippen molar-refractivity contribution in [2.45, 2.75) is 11.8 Å². The number of rotatable bonds is 4. The maximum absolute atomic E-state index is 13.6. The first-order chi connectivity index (χ1) is 10.8. The minimum absolute atomic E-state index is 0.0115. The molecule has 118 valence electrons. The molecule has 23 heavy (non-hydrogen) atoms. The molecule has 0 bridgehead atoms. The van der Waals surface area contributed by atoms with Gasteiger partial charge in [-0.15, -0.1) is 0 Å². The highest BCUT2D eigenvalue weighted by Gasteiger charge is 2.21. The number of aryl methyl sites for hydroxylation is 1. The second kappa shape index (κ2) is 6.06. The van der Waals surface area contributed by atoms with Gasteiger partial charge in [0.25, 0.3) is 10.0 Å². The zero-order valence-corrected chi connectivity index (χ0v) is 12.7. The van der Waals surface area contributed by atoms with Gasteiger partial charge in [-0.05, 0) is 36.8 Å². The molecule has 0 unspecified atom stereocenters. The molecule has 0 saturated heterocycles. The molecule has 0 spiro atoms. The summed E-state index contributed by atoms with van der Waals surface area (Å²) in [6, 6.07) is 9.01. The highest BCUT2D eigenvalue weighted by molar-refractivity contribution is 7.92. The van der Waals surface area contributed by atoms with Crippen molar-refractivity contribution in [3.8, 4) is 6.07 Å². The summed E-state index contributed by atoms with van der Waals surface area (Å²) in [4.78, 5) is 10.5. The summed E-state index contributed by atoms with van der Waals surface area (Å²) >= 11 is 0. The minimum Gasteiger partial charge on any atom is -0.478 e. The van der Waals surface area contributed by atoms with E-state index in [1.54, 1.807) is 13.0 Å². The number of carboxylic acid groups (broad SMARTS) is 1. The van der Waals surface area contributed by atoms with Crippen molar-refractivity contribution in [2.24, 2.45) is 0 Å². The van der Waals surface area contributed by atoms with Gasteiger partial charge in [0.2, 0.25) is 0 Å². The van der Waals surface area contributed by atoms with Crippen LogP contribution in [0, 0.1) is 24.1 Å². The standard InChI is InChI=1S/C15H11FN2O4S/c1-9-3-2-4-14(12(9)8-17)23(21,22)18-10-5-6-11(15(19)20)13(16)7-10/h2-7,18H,1H3,(H,19,20). The number of carbonyl (C=O) groups is 1. The van der Waals surface area contributed by atoms with Gasteiger partial charge in [0, 0.05) is 0 Å². The van der Waals surface area contributed by atoms with Gasteiger partial charge in [-0.1, -0.05) is 12.1 Å². The lowest BCUT2D eigenvalue weighted by molar-refractivity contribution is 0.0692. The van der Waals surface area contributed by atoms with Crippen LogP contribution in [-0.4, -0.2) is 19.5 Å². The molecule has 2 aromatic carbocycles. The number of nitrogens with zero attached hydrogens (tertiary/aromatic N) is 1. The number of halogens is 1. The first-order valence-electron chi connectivity index (χ1n) is 6.31. The first-order valence-corrected chi connectivity index (χ1v) is 7.80. The van der Waals surface area contributed by atoms with E-state index in [0.717, 1.165) is 18.2 Å². The predicted molar refractivity (Wildman–Crippen MR) is 80.1 cm³/mol. The highest BCUT2D eigenvalue weighted by atomic mass is 32.2. The predicted octanol–water partition coefficient (Wildman–Crippen LogP) is 2.50. The summed E-state index contributed by atoms with van der Waals surface area (Å²) in [7, 11) is -4.12. The van der Waals surface area contributed by atoms with E-state index in [0.29, 0.717) is 5.56 Å². The van der Waals surface area contributed by atoms with Gasteiger partial charge in [-0.25, -0.2) is 17.6 Å². The minimum atomic E-state index is -4.12. The molecule has 8 heteroatoms. The van der Waals surface area contributed by atoms with Crippen LogP contribution in [0.2, 0.25) is 0 Å². The van der Waals surface area contributed by atoms with Gasteiger partial charge in [-0.3, -0.25) is 4.72 Å². The Bertz CT molecular complexity index is 933. The van der Waals surface area contributed by atoms with Crippen LogP contribution in [0.1, 0.15) is 21.5 Å². The van der Waals surface area contributed by atoms with Crippen LogP contribution in [0.4, 0.5) is 10.1 Å². The Morgan fingerprint density at radius 2 is 2.00 bits per heavy atom. The zero-order chi connectivity index (χ0) is 17.2. The van der Waals surface area contributed by atoms with Crippen LogP contribution < -0.4 is 4.72 Å². The topological polar surface area (TPSA) is 107 Å². The van der Waals surface area contributed by atoms with Crippen molar-refractivity contribution >= 4 is 21.7 Å². The quantitative estimate of drug-likeness (QED) is 0.893. The van der Waals surface area contributed by atoms with Crippen molar-refractivity contribution in [2.75, 3.05) is 4.72 Å². The van der Waals surface area contributed by atoms with Crippen LogP contribution in [0.5, 0.6) is 0 Å². The highest BCUT2D eigenvalue weighted by Crippen LogP contribution is 2.23. The first kappa shape index (κ1) is 16.5. The lowest BCUT2D eigenvalue weighted by Gasteiger charge is -2.11. The Balaban J connectivity index is 2.44. The number of hydrogen-bond donors (Lipinski definition) is 2. The SMILES string of the molecule is Cc1cccc(S(=O)(=O)Nc2ccc(C(=O)O)c(F)c2)c1C#N. The van der Waals surface area contributed by atoms with E-state index in [9.17, 15) is 17.6 Å². The number of nitrogens with one attached hydrogen (secondary N) is 1. The van der Waals surface area contributed by atoms with Gasteiger partial charge >= 0.3 is 5.97 Å². The van der Waals surface area contributed by atoms with E-state index in [-0.39, 0.29) is 16.1 Å². The van der Waals surface area contributed by atoms with Gasteiger partial charge < -0.3 is 5.11 Å². The molecular weight excluding hydrogens is 323 g/mol. The average Bonchev–Trinajstić information content (AvgIpc) is 2.46. The molecule has 0 fully saturated rings. The fourth-order valence-corrected chi connectivity index (χ4v) is 3.25. The number of aromatic carboxylic acids is 1. The number of sulfonamides is 1. The molecule has 2 N–H and O–H groups in total. The van der Waals surface area contributed by atoms with Gasteiger partial charge in [0.1, 0.15) is 16.8 Å². The third kappa shape index (κ3) is 3.30. The normalized spacial score (nSPS) is 10.8. The van der Waals surface area contributed by atoms with Crippen molar-refractivity contribution < 1.29 is 22.7 Å². The van der Waals surface area contributed by atoms with Crippen molar-refractivity contribution in [1.82, 2.24) is 0 Å². The molecule has 6 nitrogen and oxygen atoms in total. The molecule has 2 aromatic rings. The van der Waals surface area contributed by atoms with Crippen LogP contribution >= 0.6 is 0 Å². The number of hydrogen-bond acceptors (Lipinski definition) is 4. The van der Waals surface area contributed by atoms with E-state index >= 15 is 0 Å². The smallest absolute Gasteiger partial charge is 0.338 e. The Hall–Kier alpha value is -2.92.